The second kappa shape index (κ2) is 8.18. The second-order valence-electron chi connectivity index (χ2n) is 7.89. The largest absolute Gasteiger partial charge is 0.416 e. The molecule has 2 atom stereocenters. The van der Waals surface area contributed by atoms with Gasteiger partial charge in [-0.05, 0) is 45.1 Å². The molecule has 0 spiro atoms. The van der Waals surface area contributed by atoms with Gasteiger partial charge in [0.25, 0.3) is 10.9 Å². The normalized spacial score (nSPS) is 20.3. The number of hydrogen-bond donors (Lipinski definition) is 2. The summed E-state index contributed by atoms with van der Waals surface area (Å²) < 4.78 is 78.4. The molecule has 31 heavy (non-hydrogen) atoms. The number of likely N-dealkylation sites (N-methyl/N-ethyl adjacent to an activating group) is 1. The van der Waals surface area contributed by atoms with Crippen LogP contribution in [0.3, 0.4) is 0 Å². The molecule has 0 heterocycles. The van der Waals surface area contributed by atoms with Gasteiger partial charge in [0.2, 0.25) is 0 Å². The van der Waals surface area contributed by atoms with E-state index in [0.29, 0.717) is 18.6 Å². The van der Waals surface area contributed by atoms with Crippen molar-refractivity contribution in [2.45, 2.75) is 50.1 Å². The van der Waals surface area contributed by atoms with Gasteiger partial charge in [-0.3, -0.25) is 9.59 Å². The van der Waals surface area contributed by atoms with Crippen LogP contribution >= 0.6 is 0 Å². The van der Waals surface area contributed by atoms with E-state index in [1.54, 1.807) is 0 Å². The Bertz CT molecular complexity index is 989. The summed E-state index contributed by atoms with van der Waals surface area (Å²) in [6, 6.07) is 0.824. The quantitative estimate of drug-likeness (QED) is 0.525. The zero-order chi connectivity index (χ0) is 23.1. The lowest BCUT2D eigenvalue weighted by Crippen LogP contribution is -2.48. The van der Waals surface area contributed by atoms with Crippen LogP contribution in [-0.4, -0.2) is 31.1 Å². The predicted octanol–water partition coefficient (Wildman–Crippen LogP) is 4.35. The Balaban J connectivity index is 1.93. The molecule has 5 nitrogen and oxygen atoms in total. The van der Waals surface area contributed by atoms with Gasteiger partial charge in [-0.15, -0.1) is 0 Å². The van der Waals surface area contributed by atoms with Gasteiger partial charge in [0, 0.05) is 17.8 Å². The molecule has 0 amide bonds. The number of benzene rings is 1. The molecule has 2 aromatic carbocycles. The molecular weight excluding hydrogens is 428 g/mol. The van der Waals surface area contributed by atoms with Crippen molar-refractivity contribution in [3.8, 4) is 0 Å². The molecule has 2 aromatic rings. The van der Waals surface area contributed by atoms with E-state index < -0.39 is 40.0 Å². The summed E-state index contributed by atoms with van der Waals surface area (Å²) in [5.41, 5.74) is -5.91. The second-order valence-corrected chi connectivity index (χ2v) is 7.89. The Morgan fingerprint density at radius 1 is 0.839 bits per heavy atom. The number of hydrogen-bond acceptors (Lipinski definition) is 5. The van der Waals surface area contributed by atoms with Crippen molar-refractivity contribution >= 4 is 17.1 Å². The highest BCUT2D eigenvalue weighted by Gasteiger charge is 2.37. The topological polar surface area (TPSA) is 61.4 Å². The van der Waals surface area contributed by atoms with Crippen LogP contribution in [0.15, 0.2) is 27.8 Å². The van der Waals surface area contributed by atoms with Gasteiger partial charge in [-0.2, -0.15) is 26.3 Å². The maximum absolute atomic E-state index is 13.1. The zero-order valence-electron chi connectivity index (χ0n) is 16.7. The molecule has 170 valence electrons. The van der Waals surface area contributed by atoms with Crippen molar-refractivity contribution in [2.24, 2.45) is 0 Å². The summed E-state index contributed by atoms with van der Waals surface area (Å²) in [5, 5.41) is 5.29. The Morgan fingerprint density at radius 3 is 1.87 bits per heavy atom. The number of nitrogens with zero attached hydrogens (tertiary/aromatic N) is 1. The average Bonchev–Trinajstić information content (AvgIpc) is 2.69. The predicted molar refractivity (Wildman–Crippen MR) is 104 cm³/mol. The van der Waals surface area contributed by atoms with Crippen molar-refractivity contribution in [3.63, 3.8) is 0 Å². The summed E-state index contributed by atoms with van der Waals surface area (Å²) in [5.74, 6) is 0. The average molecular weight is 449 g/mol. The lowest BCUT2D eigenvalue weighted by Gasteiger charge is -2.37. The van der Waals surface area contributed by atoms with Crippen molar-refractivity contribution in [3.05, 3.63) is 49.8 Å². The number of anilines is 3. The molecule has 0 bridgehead atoms. The molecule has 1 fully saturated rings. The third kappa shape index (κ3) is 4.86. The first-order valence-electron chi connectivity index (χ1n) is 9.62. The minimum Gasteiger partial charge on any atom is -0.376 e. The van der Waals surface area contributed by atoms with Crippen LogP contribution in [0.4, 0.5) is 43.4 Å². The summed E-state index contributed by atoms with van der Waals surface area (Å²) in [6.07, 6.45) is -6.60. The van der Waals surface area contributed by atoms with Crippen LogP contribution in [0.5, 0.6) is 0 Å². The van der Waals surface area contributed by atoms with Gasteiger partial charge in [0.05, 0.1) is 11.1 Å². The minimum atomic E-state index is -5.02. The lowest BCUT2D eigenvalue weighted by atomic mass is 9.89. The summed E-state index contributed by atoms with van der Waals surface area (Å²) >= 11 is 0. The van der Waals surface area contributed by atoms with Crippen molar-refractivity contribution in [1.82, 2.24) is 4.90 Å². The van der Waals surface area contributed by atoms with E-state index in [-0.39, 0.29) is 29.5 Å². The van der Waals surface area contributed by atoms with Crippen LogP contribution < -0.4 is 21.5 Å². The van der Waals surface area contributed by atoms with E-state index in [4.69, 9.17) is 0 Å². The third-order valence-corrected chi connectivity index (χ3v) is 5.49. The van der Waals surface area contributed by atoms with Crippen LogP contribution in [0.25, 0.3) is 0 Å². The number of rotatable bonds is 5. The van der Waals surface area contributed by atoms with Crippen LogP contribution in [-0.2, 0) is 12.4 Å². The highest BCUT2D eigenvalue weighted by molar-refractivity contribution is 5.79. The maximum atomic E-state index is 13.1. The van der Waals surface area contributed by atoms with E-state index in [0.717, 1.165) is 19.3 Å². The monoisotopic (exact) mass is 449 g/mol. The molecule has 0 saturated heterocycles. The lowest BCUT2D eigenvalue weighted by molar-refractivity contribution is -0.143. The Hall–Kier alpha value is -2.56. The number of nitrogens with one attached hydrogen (secondary N) is 2. The molecule has 0 aromatic heterocycles. The van der Waals surface area contributed by atoms with Gasteiger partial charge in [-0.25, -0.2) is 0 Å². The Kier molecular flexibility index (Phi) is 6.09. The van der Waals surface area contributed by atoms with E-state index in [1.165, 1.54) is 0 Å². The first-order chi connectivity index (χ1) is 14.3. The van der Waals surface area contributed by atoms with Gasteiger partial charge in [-0.1, -0.05) is 12.8 Å². The summed E-state index contributed by atoms with van der Waals surface area (Å²) in [7, 11) is 3.74. The third-order valence-electron chi connectivity index (χ3n) is 5.49. The van der Waals surface area contributed by atoms with Gasteiger partial charge in [0.1, 0.15) is 11.4 Å². The fourth-order valence-electron chi connectivity index (χ4n) is 3.90. The molecule has 0 radical (unpaired) electrons. The highest BCUT2D eigenvalue weighted by atomic mass is 19.4. The van der Waals surface area contributed by atoms with Crippen LogP contribution in [0, 0.1) is 0 Å². The van der Waals surface area contributed by atoms with E-state index >= 15 is 0 Å². The summed E-state index contributed by atoms with van der Waals surface area (Å²) in [6.45, 7) is 0. The fraction of sp³-hybridized carbons (Fsp3) is 0.500. The SMILES string of the molecule is CN(C)[C@H]1CCCC[C@@H]1Nc1c(Nc2cc(C(F)(F)F)cc(C(F)(F)F)c2)c(=O)c1=O. The smallest absolute Gasteiger partial charge is 0.376 e. The van der Waals surface area contributed by atoms with E-state index in [2.05, 4.69) is 10.6 Å². The molecule has 3 rings (SSSR count). The van der Waals surface area contributed by atoms with Crippen molar-refractivity contribution < 1.29 is 26.3 Å². The highest BCUT2D eigenvalue weighted by Crippen LogP contribution is 2.38. The van der Waals surface area contributed by atoms with Crippen LogP contribution in [0.2, 0.25) is 0 Å². The van der Waals surface area contributed by atoms with Gasteiger partial charge in [0.15, 0.2) is 0 Å². The first kappa shape index (κ1) is 23.1. The zero-order valence-corrected chi connectivity index (χ0v) is 16.7. The Labute approximate surface area is 173 Å². The molecular formula is C20H21F6N3O2. The van der Waals surface area contributed by atoms with E-state index in [9.17, 15) is 35.9 Å². The first-order valence-corrected chi connectivity index (χ1v) is 9.62. The Morgan fingerprint density at radius 2 is 1.35 bits per heavy atom. The minimum absolute atomic E-state index is 0.00379. The summed E-state index contributed by atoms with van der Waals surface area (Å²) in [4.78, 5) is 26.1. The van der Waals surface area contributed by atoms with Gasteiger partial charge >= 0.3 is 12.4 Å². The molecule has 11 heteroatoms. The fourth-order valence-corrected chi connectivity index (χ4v) is 3.90. The molecule has 1 aliphatic carbocycles. The van der Waals surface area contributed by atoms with Crippen molar-refractivity contribution in [2.75, 3.05) is 24.7 Å². The molecule has 2 N–H and O–H groups in total. The molecule has 1 saturated carbocycles. The number of halogens is 6. The number of alkyl halides is 6. The molecule has 1 aliphatic rings. The van der Waals surface area contributed by atoms with Crippen molar-refractivity contribution in [1.29, 1.82) is 0 Å². The molecule has 0 aliphatic heterocycles. The van der Waals surface area contributed by atoms with Crippen LogP contribution in [0.1, 0.15) is 36.8 Å². The van der Waals surface area contributed by atoms with E-state index in [1.807, 2.05) is 19.0 Å². The maximum Gasteiger partial charge on any atom is 0.416 e. The molecule has 0 unspecified atom stereocenters. The standard InChI is InChI=1S/C20H21F6N3O2/c1-29(2)14-6-4-3-5-13(14)28-16-15(17(30)18(16)31)27-12-8-10(19(21,22)23)7-11(9-12)20(24,25)26/h7-9,13-14,27-28H,3-6H2,1-2H3/t13-,14-/m0/s1. The van der Waals surface area contributed by atoms with Gasteiger partial charge < -0.3 is 15.5 Å².